The number of carbonyl (C=O) groups is 1. The molecule has 0 fully saturated rings. The second kappa shape index (κ2) is 3.66. The summed E-state index contributed by atoms with van der Waals surface area (Å²) in [5.74, 6) is -0.943. The number of carboxylic acid groups (broad SMARTS) is 1. The Morgan fingerprint density at radius 1 is 1.06 bits per heavy atom. The molecule has 2 aromatic carbocycles. The van der Waals surface area contributed by atoms with Crippen LogP contribution < -0.4 is 5.73 Å². The number of aromatic carboxylic acids is 1. The van der Waals surface area contributed by atoms with Gasteiger partial charge in [-0.15, -0.1) is 0 Å². The third-order valence-corrected chi connectivity index (χ3v) is 2.40. The van der Waals surface area contributed by atoms with Gasteiger partial charge >= 0.3 is 5.97 Å². The van der Waals surface area contributed by atoms with E-state index in [-0.39, 0.29) is 11.4 Å². The average Bonchev–Trinajstić information content (AvgIpc) is 2.27. The summed E-state index contributed by atoms with van der Waals surface area (Å²) in [7, 11) is 0. The van der Waals surface area contributed by atoms with Crippen LogP contribution in [0.1, 0.15) is 15.9 Å². The number of nitrogens with two attached hydrogens (primary N) is 1. The number of carboxylic acids is 1. The molecule has 0 amide bonds. The van der Waals surface area contributed by atoms with E-state index in [9.17, 15) is 4.79 Å². The lowest BCUT2D eigenvalue weighted by atomic mass is 10.0. The summed E-state index contributed by atoms with van der Waals surface area (Å²) < 4.78 is 0. The molecule has 2 aromatic rings. The fourth-order valence-electron chi connectivity index (χ4n) is 1.55. The number of nitrogens with one attached hydrogen (secondary N) is 1. The van der Waals surface area contributed by atoms with E-state index >= 15 is 0 Å². The summed E-state index contributed by atoms with van der Waals surface area (Å²) in [6.07, 6.45) is 0. The van der Waals surface area contributed by atoms with Crippen molar-refractivity contribution >= 4 is 22.6 Å². The van der Waals surface area contributed by atoms with Crippen molar-refractivity contribution in [1.82, 2.24) is 0 Å². The van der Waals surface area contributed by atoms with Gasteiger partial charge in [0.2, 0.25) is 0 Å². The Morgan fingerprint density at radius 2 is 1.56 bits per heavy atom. The molecule has 2 rings (SSSR count). The molecular formula is C12H10N2O2. The normalized spacial score (nSPS) is 10.2. The van der Waals surface area contributed by atoms with Gasteiger partial charge in [-0.1, -0.05) is 18.2 Å². The molecule has 0 radical (unpaired) electrons. The molecular weight excluding hydrogens is 204 g/mol. The van der Waals surface area contributed by atoms with Crippen molar-refractivity contribution in [2.75, 3.05) is 0 Å². The van der Waals surface area contributed by atoms with Crippen LogP contribution in [-0.4, -0.2) is 16.9 Å². The summed E-state index contributed by atoms with van der Waals surface area (Å²) in [4.78, 5) is 10.8. The minimum Gasteiger partial charge on any atom is -0.478 e. The van der Waals surface area contributed by atoms with Crippen LogP contribution in [0.25, 0.3) is 10.8 Å². The first-order valence-electron chi connectivity index (χ1n) is 4.69. The van der Waals surface area contributed by atoms with Crippen LogP contribution in [0.15, 0.2) is 36.4 Å². The van der Waals surface area contributed by atoms with Gasteiger partial charge in [0, 0.05) is 5.56 Å². The highest BCUT2D eigenvalue weighted by atomic mass is 16.4. The summed E-state index contributed by atoms with van der Waals surface area (Å²) >= 11 is 0. The van der Waals surface area contributed by atoms with Gasteiger partial charge in [0.05, 0.1) is 5.56 Å². The summed E-state index contributed by atoms with van der Waals surface area (Å²) in [5.41, 5.74) is 6.26. The van der Waals surface area contributed by atoms with Crippen LogP contribution in [0.5, 0.6) is 0 Å². The van der Waals surface area contributed by atoms with Crippen molar-refractivity contribution in [3.63, 3.8) is 0 Å². The summed E-state index contributed by atoms with van der Waals surface area (Å²) in [6, 6.07) is 10.1. The number of nitrogen functional groups attached to an aromatic ring is 1. The average molecular weight is 214 g/mol. The number of rotatable bonds is 2. The van der Waals surface area contributed by atoms with E-state index in [0.29, 0.717) is 5.56 Å². The van der Waals surface area contributed by atoms with E-state index < -0.39 is 5.97 Å². The molecule has 0 atom stereocenters. The van der Waals surface area contributed by atoms with Crippen molar-refractivity contribution in [2.24, 2.45) is 5.73 Å². The topological polar surface area (TPSA) is 87.2 Å². The Balaban J connectivity index is 2.61. The summed E-state index contributed by atoms with van der Waals surface area (Å²) in [5, 5.41) is 17.8. The molecule has 0 aliphatic heterocycles. The van der Waals surface area contributed by atoms with E-state index in [4.69, 9.17) is 16.2 Å². The molecule has 0 aliphatic carbocycles. The smallest absolute Gasteiger partial charge is 0.335 e. The molecule has 0 spiro atoms. The molecule has 0 aliphatic rings. The van der Waals surface area contributed by atoms with Crippen LogP contribution in [0.4, 0.5) is 0 Å². The lowest BCUT2D eigenvalue weighted by molar-refractivity contribution is 0.0697. The van der Waals surface area contributed by atoms with Gasteiger partial charge in [-0.3, -0.25) is 5.41 Å². The maximum Gasteiger partial charge on any atom is 0.335 e. The SMILES string of the molecule is N=C(N)c1ccc2cc(C(=O)O)ccc2c1. The van der Waals surface area contributed by atoms with Crippen LogP contribution in [0.2, 0.25) is 0 Å². The van der Waals surface area contributed by atoms with Gasteiger partial charge in [0.15, 0.2) is 0 Å². The van der Waals surface area contributed by atoms with Gasteiger partial charge in [0.1, 0.15) is 5.84 Å². The first-order chi connectivity index (χ1) is 7.58. The highest BCUT2D eigenvalue weighted by molar-refractivity contribution is 6.00. The number of hydrogen-bond donors (Lipinski definition) is 3. The number of fused-ring (bicyclic) bond motifs is 1. The van der Waals surface area contributed by atoms with Crippen LogP contribution in [-0.2, 0) is 0 Å². The molecule has 0 heterocycles. The molecule has 4 N–H and O–H groups in total. The van der Waals surface area contributed by atoms with Crippen molar-refractivity contribution in [2.45, 2.75) is 0 Å². The largest absolute Gasteiger partial charge is 0.478 e. The molecule has 16 heavy (non-hydrogen) atoms. The first kappa shape index (κ1) is 10.2. The Labute approximate surface area is 91.8 Å². The Bertz CT molecular complexity index is 537. The van der Waals surface area contributed by atoms with E-state index in [1.54, 1.807) is 30.3 Å². The predicted octanol–water partition coefficient (Wildman–Crippen LogP) is 1.82. The second-order valence-corrected chi connectivity index (χ2v) is 3.50. The van der Waals surface area contributed by atoms with Gasteiger partial charge in [-0.25, -0.2) is 4.79 Å². The number of benzene rings is 2. The van der Waals surface area contributed by atoms with Crippen molar-refractivity contribution in [1.29, 1.82) is 5.41 Å². The van der Waals surface area contributed by atoms with E-state index in [2.05, 4.69) is 0 Å². The van der Waals surface area contributed by atoms with Crippen LogP contribution in [0, 0.1) is 5.41 Å². The maximum atomic E-state index is 10.8. The summed E-state index contributed by atoms with van der Waals surface area (Å²) in [6.45, 7) is 0. The lowest BCUT2D eigenvalue weighted by Crippen LogP contribution is -2.10. The first-order valence-corrected chi connectivity index (χ1v) is 4.69. The Morgan fingerprint density at radius 3 is 2.06 bits per heavy atom. The standard InChI is InChI=1S/C12H10N2O2/c13-11(14)9-3-1-8-6-10(12(15)16)4-2-7(8)5-9/h1-6H,(H3,13,14)(H,15,16). The zero-order valence-corrected chi connectivity index (χ0v) is 8.40. The highest BCUT2D eigenvalue weighted by Crippen LogP contribution is 2.17. The molecule has 80 valence electrons. The zero-order chi connectivity index (χ0) is 11.7. The van der Waals surface area contributed by atoms with Gasteiger partial charge in [-0.05, 0) is 29.0 Å². The molecule has 0 unspecified atom stereocenters. The number of hydrogen-bond acceptors (Lipinski definition) is 2. The molecule has 4 nitrogen and oxygen atoms in total. The third-order valence-electron chi connectivity index (χ3n) is 2.40. The maximum absolute atomic E-state index is 10.8. The lowest BCUT2D eigenvalue weighted by Gasteiger charge is -2.03. The minimum absolute atomic E-state index is 0.00390. The third kappa shape index (κ3) is 1.72. The van der Waals surface area contributed by atoms with E-state index in [1.807, 2.05) is 0 Å². The van der Waals surface area contributed by atoms with E-state index in [0.717, 1.165) is 10.8 Å². The molecule has 0 bridgehead atoms. The van der Waals surface area contributed by atoms with Crippen molar-refractivity contribution in [3.8, 4) is 0 Å². The van der Waals surface area contributed by atoms with Gasteiger partial charge < -0.3 is 10.8 Å². The second-order valence-electron chi connectivity index (χ2n) is 3.50. The fourth-order valence-corrected chi connectivity index (χ4v) is 1.55. The van der Waals surface area contributed by atoms with Crippen LogP contribution >= 0.6 is 0 Å². The fraction of sp³-hybridized carbons (Fsp3) is 0. The number of amidine groups is 1. The van der Waals surface area contributed by atoms with E-state index in [1.165, 1.54) is 6.07 Å². The Hall–Kier alpha value is -2.36. The monoisotopic (exact) mass is 214 g/mol. The molecule has 0 aromatic heterocycles. The quantitative estimate of drug-likeness (QED) is 0.526. The molecule has 0 saturated heterocycles. The van der Waals surface area contributed by atoms with Crippen molar-refractivity contribution < 1.29 is 9.90 Å². The Kier molecular flexibility index (Phi) is 2.32. The van der Waals surface area contributed by atoms with Gasteiger partial charge in [0.25, 0.3) is 0 Å². The van der Waals surface area contributed by atoms with Gasteiger partial charge in [-0.2, -0.15) is 0 Å². The zero-order valence-electron chi connectivity index (χ0n) is 8.40. The minimum atomic E-state index is -0.947. The predicted molar refractivity (Wildman–Crippen MR) is 61.9 cm³/mol. The molecule has 4 heteroatoms. The van der Waals surface area contributed by atoms with Crippen molar-refractivity contribution in [3.05, 3.63) is 47.5 Å². The van der Waals surface area contributed by atoms with Crippen LogP contribution in [0.3, 0.4) is 0 Å². The highest BCUT2D eigenvalue weighted by Gasteiger charge is 2.04. The molecule has 0 saturated carbocycles.